The van der Waals surface area contributed by atoms with Gasteiger partial charge in [-0.05, 0) is 57.2 Å². The van der Waals surface area contributed by atoms with E-state index in [1.54, 1.807) is 4.90 Å². The molecule has 0 bridgehead atoms. The monoisotopic (exact) mass is 352 g/mol. The molecule has 1 N–H and O–H groups in total. The van der Waals surface area contributed by atoms with Gasteiger partial charge in [0.1, 0.15) is 5.75 Å². The highest BCUT2D eigenvalue weighted by Gasteiger charge is 2.35. The second-order valence-electron chi connectivity index (χ2n) is 6.92. The molecule has 136 valence electrons. The number of hydrogen-bond donors (Lipinski definition) is 1. The third-order valence-corrected chi connectivity index (χ3v) is 4.34. The number of aryl methyl sites for hydroxylation is 1. The van der Waals surface area contributed by atoms with Crippen LogP contribution in [-0.4, -0.2) is 24.5 Å². The number of hydrogen-bond acceptors (Lipinski definition) is 3. The fraction of sp³-hybridized carbons (Fsp3) is 0.333. The number of nitrogens with zero attached hydrogens (tertiary/aromatic N) is 1. The number of anilines is 2. The third kappa shape index (κ3) is 4.23. The van der Waals surface area contributed by atoms with Crippen molar-refractivity contribution in [3.05, 3.63) is 54.1 Å². The van der Waals surface area contributed by atoms with E-state index < -0.39 is 0 Å². The summed E-state index contributed by atoms with van der Waals surface area (Å²) < 4.78 is 5.60. The Kier molecular flexibility index (Phi) is 5.26. The van der Waals surface area contributed by atoms with Crippen molar-refractivity contribution in [2.45, 2.75) is 33.3 Å². The minimum atomic E-state index is -0.351. The van der Waals surface area contributed by atoms with Crippen LogP contribution >= 0.6 is 0 Å². The van der Waals surface area contributed by atoms with E-state index in [9.17, 15) is 9.59 Å². The summed E-state index contributed by atoms with van der Waals surface area (Å²) in [5.74, 6) is 0.259. The summed E-state index contributed by atoms with van der Waals surface area (Å²) >= 11 is 0. The van der Waals surface area contributed by atoms with Crippen LogP contribution in [0.3, 0.4) is 0 Å². The van der Waals surface area contributed by atoms with Crippen LogP contribution in [0.5, 0.6) is 5.75 Å². The zero-order valence-electron chi connectivity index (χ0n) is 15.4. The number of nitrogens with one attached hydrogen (secondary N) is 1. The van der Waals surface area contributed by atoms with E-state index in [4.69, 9.17) is 4.74 Å². The molecule has 5 nitrogen and oxygen atoms in total. The van der Waals surface area contributed by atoms with Gasteiger partial charge in [0.15, 0.2) is 0 Å². The Bertz CT molecular complexity index is 782. The van der Waals surface area contributed by atoms with Crippen molar-refractivity contribution in [3.8, 4) is 5.75 Å². The molecule has 0 radical (unpaired) electrons. The Hall–Kier alpha value is -2.82. The SMILES string of the molecule is Cc1ccc(N2C[C@H](C(=O)Nc3ccc(OC(C)C)cc3)CC2=O)cc1. The molecule has 0 spiro atoms. The topological polar surface area (TPSA) is 58.6 Å². The molecule has 2 amide bonds. The van der Waals surface area contributed by atoms with Crippen LogP contribution in [0.4, 0.5) is 11.4 Å². The first kappa shape index (κ1) is 18.0. The lowest BCUT2D eigenvalue weighted by Crippen LogP contribution is -2.28. The van der Waals surface area contributed by atoms with E-state index >= 15 is 0 Å². The lowest BCUT2D eigenvalue weighted by Gasteiger charge is -2.17. The summed E-state index contributed by atoms with van der Waals surface area (Å²) in [6.07, 6.45) is 0.335. The highest BCUT2D eigenvalue weighted by molar-refractivity contribution is 6.03. The second-order valence-corrected chi connectivity index (χ2v) is 6.92. The van der Waals surface area contributed by atoms with Gasteiger partial charge in [-0.1, -0.05) is 17.7 Å². The molecule has 0 unspecified atom stereocenters. The third-order valence-electron chi connectivity index (χ3n) is 4.34. The van der Waals surface area contributed by atoms with Gasteiger partial charge in [-0.2, -0.15) is 0 Å². The van der Waals surface area contributed by atoms with Crippen molar-refractivity contribution in [1.29, 1.82) is 0 Å². The largest absolute Gasteiger partial charge is 0.491 e. The summed E-state index contributed by atoms with van der Waals surface area (Å²) in [5, 5.41) is 2.89. The van der Waals surface area contributed by atoms with Crippen molar-refractivity contribution < 1.29 is 14.3 Å². The average molecular weight is 352 g/mol. The van der Waals surface area contributed by atoms with Crippen LogP contribution in [0.2, 0.25) is 0 Å². The van der Waals surface area contributed by atoms with Crippen LogP contribution < -0.4 is 15.0 Å². The highest BCUT2D eigenvalue weighted by atomic mass is 16.5. The second kappa shape index (κ2) is 7.60. The van der Waals surface area contributed by atoms with Gasteiger partial charge in [-0.15, -0.1) is 0 Å². The molecule has 0 saturated carbocycles. The molecular weight excluding hydrogens is 328 g/mol. The summed E-state index contributed by atoms with van der Waals surface area (Å²) in [5.41, 5.74) is 2.68. The Morgan fingerprint density at radius 3 is 2.38 bits per heavy atom. The lowest BCUT2D eigenvalue weighted by molar-refractivity contribution is -0.122. The van der Waals surface area contributed by atoms with Crippen molar-refractivity contribution in [2.24, 2.45) is 5.92 Å². The van der Waals surface area contributed by atoms with Gasteiger partial charge in [0.05, 0.1) is 12.0 Å². The van der Waals surface area contributed by atoms with Gasteiger partial charge in [0.25, 0.3) is 0 Å². The van der Waals surface area contributed by atoms with E-state index in [2.05, 4.69) is 5.32 Å². The first-order valence-corrected chi connectivity index (χ1v) is 8.87. The zero-order valence-corrected chi connectivity index (χ0v) is 15.4. The van der Waals surface area contributed by atoms with E-state index in [1.165, 1.54) is 0 Å². The van der Waals surface area contributed by atoms with Gasteiger partial charge in [0, 0.05) is 24.3 Å². The van der Waals surface area contributed by atoms with Crippen LogP contribution in [0.15, 0.2) is 48.5 Å². The molecule has 1 aliphatic heterocycles. The molecule has 3 rings (SSSR count). The molecule has 1 atom stereocenters. The smallest absolute Gasteiger partial charge is 0.229 e. The normalized spacial score (nSPS) is 16.8. The zero-order chi connectivity index (χ0) is 18.7. The van der Waals surface area contributed by atoms with E-state index in [-0.39, 0.29) is 30.3 Å². The Morgan fingerprint density at radius 2 is 1.77 bits per heavy atom. The predicted octanol–water partition coefficient (Wildman–Crippen LogP) is 3.77. The van der Waals surface area contributed by atoms with Gasteiger partial charge in [0.2, 0.25) is 11.8 Å². The Balaban J connectivity index is 1.62. The fourth-order valence-corrected chi connectivity index (χ4v) is 2.99. The van der Waals surface area contributed by atoms with E-state index in [0.717, 1.165) is 17.0 Å². The van der Waals surface area contributed by atoms with Crippen molar-refractivity contribution in [3.63, 3.8) is 0 Å². The minimum absolute atomic E-state index is 0.0188. The molecule has 1 saturated heterocycles. The molecule has 5 heteroatoms. The van der Waals surface area contributed by atoms with Crippen LogP contribution in [-0.2, 0) is 9.59 Å². The first-order valence-electron chi connectivity index (χ1n) is 8.87. The molecule has 2 aromatic carbocycles. The van der Waals surface area contributed by atoms with Crippen molar-refractivity contribution in [1.82, 2.24) is 0 Å². The summed E-state index contributed by atoms with van der Waals surface area (Å²) in [6.45, 7) is 6.34. The van der Waals surface area contributed by atoms with E-state index in [0.29, 0.717) is 12.2 Å². The molecule has 1 heterocycles. The van der Waals surface area contributed by atoms with Crippen molar-refractivity contribution >= 4 is 23.2 Å². The van der Waals surface area contributed by atoms with Gasteiger partial charge in [-0.25, -0.2) is 0 Å². The van der Waals surface area contributed by atoms with Crippen LogP contribution in [0.25, 0.3) is 0 Å². The van der Waals surface area contributed by atoms with Gasteiger partial charge < -0.3 is 15.0 Å². The molecule has 2 aromatic rings. The molecule has 1 aliphatic rings. The maximum atomic E-state index is 12.5. The summed E-state index contributed by atoms with van der Waals surface area (Å²) in [6, 6.07) is 15.0. The maximum absolute atomic E-state index is 12.5. The molecular formula is C21H24N2O3. The predicted molar refractivity (Wildman–Crippen MR) is 102 cm³/mol. The van der Waals surface area contributed by atoms with Crippen molar-refractivity contribution in [2.75, 3.05) is 16.8 Å². The number of carbonyl (C=O) groups is 2. The molecule has 1 fully saturated rings. The number of amides is 2. The number of ether oxygens (including phenoxy) is 1. The Labute approximate surface area is 154 Å². The maximum Gasteiger partial charge on any atom is 0.229 e. The Morgan fingerprint density at radius 1 is 1.12 bits per heavy atom. The first-order chi connectivity index (χ1) is 12.4. The quantitative estimate of drug-likeness (QED) is 0.891. The van der Waals surface area contributed by atoms with Crippen LogP contribution in [0.1, 0.15) is 25.8 Å². The number of rotatable bonds is 5. The lowest BCUT2D eigenvalue weighted by atomic mass is 10.1. The van der Waals surface area contributed by atoms with Gasteiger partial charge >= 0.3 is 0 Å². The standard InChI is InChI=1S/C21H24N2O3/c1-14(2)26-19-10-6-17(7-11-19)22-21(25)16-12-20(24)23(13-16)18-8-4-15(3)5-9-18/h4-11,14,16H,12-13H2,1-3H3,(H,22,25)/t16-/m1/s1. The van der Waals surface area contributed by atoms with E-state index in [1.807, 2.05) is 69.3 Å². The fourth-order valence-electron chi connectivity index (χ4n) is 2.99. The average Bonchev–Trinajstić information content (AvgIpc) is 2.99. The number of carbonyl (C=O) groups excluding carboxylic acids is 2. The molecule has 0 aliphatic carbocycles. The minimum Gasteiger partial charge on any atom is -0.491 e. The van der Waals surface area contributed by atoms with Crippen LogP contribution in [0, 0.1) is 12.8 Å². The molecule has 26 heavy (non-hydrogen) atoms. The number of benzene rings is 2. The summed E-state index contributed by atoms with van der Waals surface area (Å²) in [7, 11) is 0. The highest BCUT2D eigenvalue weighted by Crippen LogP contribution is 2.26. The van der Waals surface area contributed by atoms with Gasteiger partial charge in [-0.3, -0.25) is 9.59 Å². The molecule has 0 aromatic heterocycles. The summed E-state index contributed by atoms with van der Waals surface area (Å²) in [4.78, 5) is 26.5.